The lowest BCUT2D eigenvalue weighted by molar-refractivity contribution is -0.268. The van der Waals surface area contributed by atoms with Crippen molar-refractivity contribution in [3.63, 3.8) is 0 Å². The van der Waals surface area contributed by atoms with Crippen molar-refractivity contribution in [2.24, 2.45) is 13.0 Å². The summed E-state index contributed by atoms with van der Waals surface area (Å²) in [7, 11) is 1.92. The van der Waals surface area contributed by atoms with Crippen LogP contribution in [0.1, 0.15) is 41.6 Å². The molecule has 2 heterocycles. The molecule has 8 nitrogen and oxygen atoms in total. The molecule has 12 heteroatoms. The zero-order chi connectivity index (χ0) is 30.6. The summed E-state index contributed by atoms with van der Waals surface area (Å²) in [4.78, 5) is 11.9. The molecule has 226 valence electrons. The first-order valence-corrected chi connectivity index (χ1v) is 15.8. The first-order chi connectivity index (χ1) is 20.6. The van der Waals surface area contributed by atoms with Crippen LogP contribution in [0.3, 0.4) is 0 Å². The number of alkyl halides is 3. The number of aliphatic hydroxyl groups is 1. The topological polar surface area (TPSA) is 98.5 Å². The lowest BCUT2D eigenvalue weighted by atomic mass is 9.91. The smallest absolute Gasteiger partial charge is 0.272 e. The Morgan fingerprint density at radius 1 is 1.00 bits per heavy atom. The molecule has 1 saturated heterocycles. The maximum atomic E-state index is 11.9. The van der Waals surface area contributed by atoms with Crippen molar-refractivity contribution in [2.75, 3.05) is 5.75 Å². The van der Waals surface area contributed by atoms with Gasteiger partial charge in [0, 0.05) is 30.8 Å². The fourth-order valence-corrected chi connectivity index (χ4v) is 6.10. The van der Waals surface area contributed by atoms with Crippen LogP contribution in [0.2, 0.25) is 0 Å². The fraction of sp³-hybridized carbons (Fsp3) is 0.323. The maximum Gasteiger partial charge on any atom is 0.272 e. The van der Waals surface area contributed by atoms with Gasteiger partial charge in [-0.1, -0.05) is 120 Å². The lowest BCUT2D eigenvalue weighted by Crippen LogP contribution is -2.38. The number of halogens is 3. The van der Waals surface area contributed by atoms with E-state index >= 15 is 0 Å². The highest BCUT2D eigenvalue weighted by Gasteiger charge is 2.38. The molecule has 1 aliphatic rings. The molecule has 0 unspecified atom stereocenters. The molecule has 1 aromatic heterocycles. The molecule has 0 aliphatic carbocycles. The van der Waals surface area contributed by atoms with Crippen LogP contribution in [0.15, 0.2) is 84.3 Å². The first-order valence-electron chi connectivity index (χ1n) is 13.6. The van der Waals surface area contributed by atoms with Gasteiger partial charge in [0.2, 0.25) is 0 Å². The molecule has 0 spiro atoms. The predicted octanol–water partition coefficient (Wildman–Crippen LogP) is 6.54. The standard InChI is InChI=1S/C31H31Cl3N4O4S/c1-19-26(17-43-30-37-36-18-38(30)2)41-28(42-27(19)23-8-6-20(16-39)7-9-23)24-12-10-22(11-13-24)25-5-3-4-21(14-25)15-35-29(40)31(32,33)34/h3-14,18-19,26-28,39H,15-17H2,1-2H3,(H,35,40)/t19-,26+,27+,28+/m0/s1. The molecule has 0 bridgehead atoms. The van der Waals surface area contributed by atoms with Gasteiger partial charge in [-0.2, -0.15) is 0 Å². The predicted molar refractivity (Wildman–Crippen MR) is 169 cm³/mol. The third kappa shape index (κ3) is 7.91. The van der Waals surface area contributed by atoms with Gasteiger partial charge in [0.1, 0.15) is 6.33 Å². The zero-order valence-electron chi connectivity index (χ0n) is 23.5. The second kappa shape index (κ2) is 14.0. The van der Waals surface area contributed by atoms with Gasteiger partial charge < -0.3 is 24.5 Å². The number of thioether (sulfide) groups is 1. The Morgan fingerprint density at radius 3 is 2.37 bits per heavy atom. The number of hydrogen-bond donors (Lipinski definition) is 2. The van der Waals surface area contributed by atoms with E-state index in [1.807, 2.05) is 84.4 Å². The van der Waals surface area contributed by atoms with Gasteiger partial charge in [-0.25, -0.2) is 0 Å². The number of carbonyl (C=O) groups excluding carboxylic acids is 1. The molecule has 3 aromatic carbocycles. The van der Waals surface area contributed by atoms with E-state index < -0.39 is 16.0 Å². The van der Waals surface area contributed by atoms with Gasteiger partial charge in [-0.15, -0.1) is 10.2 Å². The quantitative estimate of drug-likeness (QED) is 0.155. The maximum absolute atomic E-state index is 11.9. The van der Waals surface area contributed by atoms with E-state index in [1.165, 1.54) is 0 Å². The van der Waals surface area contributed by atoms with Crippen molar-refractivity contribution in [2.45, 2.75) is 47.5 Å². The van der Waals surface area contributed by atoms with E-state index in [4.69, 9.17) is 44.3 Å². The molecule has 43 heavy (non-hydrogen) atoms. The van der Waals surface area contributed by atoms with Crippen molar-refractivity contribution >= 4 is 52.5 Å². The summed E-state index contributed by atoms with van der Waals surface area (Å²) in [5.74, 6) is 0.0596. The average Bonchev–Trinajstić information content (AvgIpc) is 3.43. The van der Waals surface area contributed by atoms with E-state index in [2.05, 4.69) is 22.4 Å². The number of hydrogen-bond acceptors (Lipinski definition) is 7. The Kier molecular flexibility index (Phi) is 10.3. The third-order valence-electron chi connectivity index (χ3n) is 7.32. The van der Waals surface area contributed by atoms with Crippen LogP contribution < -0.4 is 5.32 Å². The third-order valence-corrected chi connectivity index (χ3v) is 8.96. The summed E-state index contributed by atoms with van der Waals surface area (Å²) in [5.41, 5.74) is 5.62. The van der Waals surface area contributed by atoms with Gasteiger partial charge in [-0.3, -0.25) is 4.79 Å². The molecule has 5 rings (SSSR count). The van der Waals surface area contributed by atoms with Gasteiger partial charge in [-0.05, 0) is 33.9 Å². The van der Waals surface area contributed by atoms with E-state index in [0.717, 1.165) is 38.5 Å². The Morgan fingerprint density at radius 2 is 1.72 bits per heavy atom. The first kappa shape index (κ1) is 31.8. The number of nitrogens with zero attached hydrogens (tertiary/aromatic N) is 3. The number of aromatic nitrogens is 3. The summed E-state index contributed by atoms with van der Waals surface area (Å²) < 4.78 is 13.0. The van der Waals surface area contributed by atoms with Crippen molar-refractivity contribution in [3.8, 4) is 11.1 Å². The Hall–Kier alpha value is -2.63. The van der Waals surface area contributed by atoms with E-state index in [0.29, 0.717) is 5.75 Å². The van der Waals surface area contributed by atoms with Crippen LogP contribution >= 0.6 is 46.6 Å². The van der Waals surface area contributed by atoms with Crippen molar-refractivity contribution in [1.82, 2.24) is 20.1 Å². The fourth-order valence-electron chi connectivity index (χ4n) is 4.85. The minimum Gasteiger partial charge on any atom is -0.392 e. The Bertz CT molecular complexity index is 1530. The molecule has 4 atom stereocenters. The molecule has 4 aromatic rings. The number of carbonyl (C=O) groups is 1. The van der Waals surface area contributed by atoms with Gasteiger partial charge in [0.15, 0.2) is 11.4 Å². The van der Waals surface area contributed by atoms with Crippen LogP contribution in [-0.2, 0) is 34.5 Å². The number of benzene rings is 3. The summed E-state index contributed by atoms with van der Waals surface area (Å²) in [6.45, 7) is 2.35. The van der Waals surface area contributed by atoms with Crippen molar-refractivity contribution in [3.05, 3.63) is 101 Å². The number of nitrogens with one attached hydrogen (secondary N) is 1. The second-order valence-corrected chi connectivity index (χ2v) is 13.6. The minimum absolute atomic E-state index is 0.0110. The van der Waals surface area contributed by atoms with Crippen LogP contribution in [0.25, 0.3) is 11.1 Å². The van der Waals surface area contributed by atoms with E-state index in [9.17, 15) is 9.90 Å². The summed E-state index contributed by atoms with van der Waals surface area (Å²) in [6.07, 6.45) is 0.765. The molecule has 2 N–H and O–H groups in total. The summed E-state index contributed by atoms with van der Waals surface area (Å²) in [6, 6.07) is 23.7. The second-order valence-electron chi connectivity index (χ2n) is 10.4. The zero-order valence-corrected chi connectivity index (χ0v) is 26.6. The Balaban J connectivity index is 1.34. The number of rotatable bonds is 9. The van der Waals surface area contributed by atoms with Crippen LogP contribution in [0, 0.1) is 5.92 Å². The molecule has 1 amide bonds. The summed E-state index contributed by atoms with van der Waals surface area (Å²) in [5, 5.41) is 21.1. The number of amides is 1. The highest BCUT2D eigenvalue weighted by atomic mass is 35.6. The average molecular weight is 662 g/mol. The van der Waals surface area contributed by atoms with Crippen molar-refractivity contribution < 1.29 is 19.4 Å². The highest BCUT2D eigenvalue weighted by molar-refractivity contribution is 7.99. The normalized spacial score (nSPS) is 20.6. The highest BCUT2D eigenvalue weighted by Crippen LogP contribution is 2.43. The molecular formula is C31H31Cl3N4O4S. The molecule has 0 saturated carbocycles. The van der Waals surface area contributed by atoms with Crippen LogP contribution in [0.4, 0.5) is 0 Å². The SMILES string of the molecule is C[C@H]1[C@@H](CSc2nncn2C)O[C@@H](c2ccc(-c3cccc(CNC(=O)C(Cl)(Cl)Cl)c3)cc2)O[C@H]1c1ccc(CO)cc1. The number of aliphatic hydroxyl groups excluding tert-OH is 1. The Labute approximate surface area is 269 Å². The number of aryl methyl sites for hydroxylation is 1. The minimum atomic E-state index is -2.01. The monoisotopic (exact) mass is 660 g/mol. The molecule has 1 aliphatic heterocycles. The molecule has 0 radical (unpaired) electrons. The number of ether oxygens (including phenoxy) is 2. The van der Waals surface area contributed by atoms with Crippen LogP contribution in [-0.4, -0.2) is 41.4 Å². The van der Waals surface area contributed by atoms with Gasteiger partial charge in [0.05, 0.1) is 18.8 Å². The summed E-state index contributed by atoms with van der Waals surface area (Å²) >= 11 is 18.6. The largest absolute Gasteiger partial charge is 0.392 e. The molecular weight excluding hydrogens is 631 g/mol. The molecule has 1 fully saturated rings. The van der Waals surface area contributed by atoms with Crippen molar-refractivity contribution in [1.29, 1.82) is 0 Å². The lowest BCUT2D eigenvalue weighted by Gasteiger charge is -2.41. The van der Waals surface area contributed by atoms with E-state index in [1.54, 1.807) is 18.1 Å². The van der Waals surface area contributed by atoms with Gasteiger partial charge in [0.25, 0.3) is 9.70 Å². The van der Waals surface area contributed by atoms with E-state index in [-0.39, 0.29) is 31.3 Å². The van der Waals surface area contributed by atoms with Crippen LogP contribution in [0.5, 0.6) is 0 Å². The van der Waals surface area contributed by atoms with Gasteiger partial charge >= 0.3 is 0 Å².